The Hall–Kier alpha value is 0.438. The first-order chi connectivity index (χ1) is 2.81. The summed E-state index contributed by atoms with van der Waals surface area (Å²) in [5.74, 6) is 0. The first kappa shape index (κ1) is 6.44. The van der Waals surface area contributed by atoms with E-state index in [1.54, 1.807) is 0 Å². The zero-order valence-corrected chi connectivity index (χ0v) is 5.59. The molecule has 0 atom stereocenters. The first-order valence-corrected chi connectivity index (χ1v) is 3.75. The Labute approximate surface area is 42.2 Å². The van der Waals surface area contributed by atoms with Crippen molar-refractivity contribution >= 4 is 15.7 Å². The number of hydrogen-bond donors (Lipinski definition) is 1. The van der Waals surface area contributed by atoms with Gasteiger partial charge in [0.1, 0.15) is 0 Å². The summed E-state index contributed by atoms with van der Waals surface area (Å²) in [6.07, 6.45) is 0. The van der Waals surface area contributed by atoms with Gasteiger partial charge in [0, 0.05) is 0 Å². The summed E-state index contributed by atoms with van der Waals surface area (Å²) in [4.78, 5) is 0. The van der Waals surface area contributed by atoms with Gasteiger partial charge in [-0.2, -0.15) is 0 Å². The topological polar surface area (TPSA) is 38.7 Å². The van der Waals surface area contributed by atoms with Gasteiger partial charge in [0.05, 0.1) is 0 Å². The monoisotopic (exact) mass is 154 g/mol. The maximum absolute atomic E-state index is 8.37. The van der Waals surface area contributed by atoms with Crippen molar-refractivity contribution in [3.63, 3.8) is 0 Å². The Morgan fingerprint density at radius 1 is 1.33 bits per heavy atom. The first-order valence-electron chi connectivity index (χ1n) is 1.38. The molecule has 0 rings (SSSR count). The molecule has 0 aliphatic heterocycles. The Morgan fingerprint density at radius 2 is 1.67 bits per heavy atom. The Morgan fingerprint density at radius 3 is 1.67 bits per heavy atom. The van der Waals surface area contributed by atoms with Crippen LogP contribution < -0.4 is 0 Å². The summed E-state index contributed by atoms with van der Waals surface area (Å²) in [7, 11) is 2.84. The molecule has 0 spiro atoms. The third-order valence-corrected chi connectivity index (χ3v) is 1.62. The molecule has 0 aromatic rings. The molecule has 0 amide bonds. The van der Waals surface area contributed by atoms with E-state index in [2.05, 4.69) is 7.45 Å². The van der Waals surface area contributed by atoms with Gasteiger partial charge in [-0.15, -0.1) is 0 Å². The summed E-state index contributed by atoms with van der Waals surface area (Å²) in [6.45, 7) is 0. The van der Waals surface area contributed by atoms with Gasteiger partial charge in [-0.3, -0.25) is 0 Å². The van der Waals surface area contributed by atoms with Crippen molar-refractivity contribution < 1.29 is 11.5 Å². The molecule has 0 aliphatic rings. The second-order valence-corrected chi connectivity index (χ2v) is 3.13. The van der Waals surface area contributed by atoms with Crippen molar-refractivity contribution in [2.45, 2.75) is 0 Å². The molecule has 0 unspecified atom stereocenters. The van der Waals surface area contributed by atoms with Crippen molar-refractivity contribution in [2.75, 3.05) is 14.2 Å². The van der Waals surface area contributed by atoms with Gasteiger partial charge in [0.15, 0.2) is 0 Å². The summed E-state index contributed by atoms with van der Waals surface area (Å²) in [5.41, 5.74) is 0. The van der Waals surface area contributed by atoms with Crippen molar-refractivity contribution in [3.05, 3.63) is 0 Å². The third kappa shape index (κ3) is 2.66. The van der Waals surface area contributed by atoms with Gasteiger partial charge in [-0.1, -0.05) is 0 Å². The molecule has 0 heterocycles. The van der Waals surface area contributed by atoms with Crippen LogP contribution in [-0.2, 0) is 7.45 Å². The SMILES string of the molecule is CO[As](O)OC. The average molecular weight is 154 g/mol. The summed E-state index contributed by atoms with van der Waals surface area (Å²) in [5, 5.41) is 0. The zero-order chi connectivity index (χ0) is 4.99. The fourth-order valence-corrected chi connectivity index (χ4v) is 0.387. The number of rotatable bonds is 2. The van der Waals surface area contributed by atoms with Gasteiger partial charge in [0.25, 0.3) is 0 Å². The van der Waals surface area contributed by atoms with Crippen LogP contribution in [0.2, 0.25) is 0 Å². The predicted octanol–water partition coefficient (Wildman–Crippen LogP) is -0.744. The molecular formula is C2H7AsO3. The van der Waals surface area contributed by atoms with Crippen LogP contribution in [-0.4, -0.2) is 34.0 Å². The quantitative estimate of drug-likeness (QED) is 0.532. The Bertz CT molecular complexity index is 28.0. The molecule has 1 N–H and O–H groups in total. The standard InChI is InChI=1S/C2H7AsO3/c1-5-3(4)6-2/h4H,1-2H3. The van der Waals surface area contributed by atoms with Crippen LogP contribution >= 0.6 is 0 Å². The van der Waals surface area contributed by atoms with Gasteiger partial charge in [0.2, 0.25) is 0 Å². The third-order valence-electron chi connectivity index (χ3n) is 0.312. The predicted molar refractivity (Wildman–Crippen MR) is 22.0 cm³/mol. The molecule has 3 nitrogen and oxygen atoms in total. The van der Waals surface area contributed by atoms with E-state index in [0.29, 0.717) is 0 Å². The summed E-state index contributed by atoms with van der Waals surface area (Å²) >= 11 is -2.22. The molecule has 0 aliphatic carbocycles. The molecule has 4 heteroatoms. The van der Waals surface area contributed by atoms with Crippen LogP contribution in [0.1, 0.15) is 0 Å². The Balaban J connectivity index is 2.75. The van der Waals surface area contributed by atoms with E-state index in [1.807, 2.05) is 0 Å². The van der Waals surface area contributed by atoms with Gasteiger partial charge >= 0.3 is 41.4 Å². The van der Waals surface area contributed by atoms with E-state index < -0.39 is 15.7 Å². The van der Waals surface area contributed by atoms with E-state index >= 15 is 0 Å². The van der Waals surface area contributed by atoms with Crippen molar-refractivity contribution in [2.24, 2.45) is 0 Å². The summed E-state index contributed by atoms with van der Waals surface area (Å²) < 4.78 is 17.1. The van der Waals surface area contributed by atoms with Crippen molar-refractivity contribution in [1.29, 1.82) is 0 Å². The molecule has 0 saturated carbocycles. The molecule has 0 aromatic heterocycles. The Kier molecular flexibility index (Phi) is 3.89. The zero-order valence-electron chi connectivity index (χ0n) is 3.71. The fourth-order valence-electron chi connectivity index (χ4n) is 0.0745. The number of hydrogen-bond acceptors (Lipinski definition) is 3. The minimum atomic E-state index is -2.22. The van der Waals surface area contributed by atoms with Crippen LogP contribution in [0.4, 0.5) is 0 Å². The molecule has 38 valence electrons. The van der Waals surface area contributed by atoms with E-state index in [-0.39, 0.29) is 0 Å². The molecule has 0 bridgehead atoms. The molecule has 0 saturated heterocycles. The van der Waals surface area contributed by atoms with Gasteiger partial charge < -0.3 is 0 Å². The van der Waals surface area contributed by atoms with E-state index in [9.17, 15) is 0 Å². The maximum atomic E-state index is 8.37. The molecule has 0 radical (unpaired) electrons. The molecule has 0 aromatic carbocycles. The van der Waals surface area contributed by atoms with E-state index in [0.717, 1.165) is 0 Å². The summed E-state index contributed by atoms with van der Waals surface area (Å²) in [6, 6.07) is 0. The molecule has 0 fully saturated rings. The van der Waals surface area contributed by atoms with Crippen LogP contribution in [0.5, 0.6) is 0 Å². The second kappa shape index (κ2) is 3.62. The van der Waals surface area contributed by atoms with Crippen LogP contribution in [0.15, 0.2) is 0 Å². The fraction of sp³-hybridized carbons (Fsp3) is 1.00. The average Bonchev–Trinajstić information content (AvgIpc) is 1.65. The van der Waals surface area contributed by atoms with E-state index in [1.165, 1.54) is 14.2 Å². The second-order valence-electron chi connectivity index (χ2n) is 0.603. The molecular weight excluding hydrogens is 147 g/mol. The van der Waals surface area contributed by atoms with Crippen molar-refractivity contribution in [3.8, 4) is 0 Å². The van der Waals surface area contributed by atoms with Gasteiger partial charge in [-0.25, -0.2) is 0 Å². The normalized spacial score (nSPS) is 10.0. The van der Waals surface area contributed by atoms with Crippen LogP contribution in [0.3, 0.4) is 0 Å². The molecule has 6 heavy (non-hydrogen) atoms. The van der Waals surface area contributed by atoms with Gasteiger partial charge in [-0.05, 0) is 0 Å². The minimum absolute atomic E-state index is 1.42. The van der Waals surface area contributed by atoms with E-state index in [4.69, 9.17) is 4.10 Å². The van der Waals surface area contributed by atoms with Crippen LogP contribution in [0.25, 0.3) is 0 Å². The van der Waals surface area contributed by atoms with Crippen molar-refractivity contribution in [1.82, 2.24) is 0 Å². The van der Waals surface area contributed by atoms with Crippen LogP contribution in [0, 0.1) is 0 Å².